The molecule has 1 atom stereocenters. The lowest BCUT2D eigenvalue weighted by atomic mass is 10.0. The Morgan fingerprint density at radius 3 is 2.41 bits per heavy atom. The SMILES string of the molecule is NC(CO)Cc1cc(C(F)(F)F)cc(Cl)c1F. The molecule has 0 spiro atoms. The average molecular weight is 272 g/mol. The second kappa shape index (κ2) is 5.20. The van der Waals surface area contributed by atoms with Crippen molar-refractivity contribution in [3.63, 3.8) is 0 Å². The van der Waals surface area contributed by atoms with Crippen molar-refractivity contribution < 1.29 is 22.7 Å². The second-order valence-corrected chi connectivity index (χ2v) is 3.98. The normalized spacial score (nSPS) is 13.8. The predicted octanol–water partition coefficient (Wildman–Crippen LogP) is 2.36. The van der Waals surface area contributed by atoms with Gasteiger partial charge in [0.1, 0.15) is 5.82 Å². The molecule has 0 aliphatic heterocycles. The van der Waals surface area contributed by atoms with E-state index in [1.165, 1.54) is 0 Å². The average Bonchev–Trinajstić information content (AvgIpc) is 2.22. The number of hydrogen-bond acceptors (Lipinski definition) is 2. The number of aliphatic hydroxyl groups excluding tert-OH is 1. The second-order valence-electron chi connectivity index (χ2n) is 3.58. The van der Waals surface area contributed by atoms with E-state index in [2.05, 4.69) is 0 Å². The van der Waals surface area contributed by atoms with Crippen molar-refractivity contribution in [2.75, 3.05) is 6.61 Å². The highest BCUT2D eigenvalue weighted by Crippen LogP contribution is 2.33. The molecular formula is C10H10ClF4NO. The summed E-state index contributed by atoms with van der Waals surface area (Å²) in [7, 11) is 0. The molecule has 0 fully saturated rings. The first-order valence-corrected chi connectivity index (χ1v) is 5.05. The highest BCUT2D eigenvalue weighted by molar-refractivity contribution is 6.30. The number of hydrogen-bond donors (Lipinski definition) is 2. The van der Waals surface area contributed by atoms with Crippen LogP contribution in [0.3, 0.4) is 0 Å². The first-order chi connectivity index (χ1) is 7.75. The first-order valence-electron chi connectivity index (χ1n) is 4.67. The monoisotopic (exact) mass is 271 g/mol. The van der Waals surface area contributed by atoms with Gasteiger partial charge < -0.3 is 10.8 Å². The number of aliphatic hydroxyl groups is 1. The Kier molecular flexibility index (Phi) is 4.35. The maximum atomic E-state index is 13.4. The zero-order valence-electron chi connectivity index (χ0n) is 8.56. The van der Waals surface area contributed by atoms with Gasteiger partial charge in [0.05, 0.1) is 17.2 Å². The molecule has 1 rings (SSSR count). The molecule has 0 aromatic heterocycles. The van der Waals surface area contributed by atoms with Crippen LogP contribution in [0.5, 0.6) is 0 Å². The van der Waals surface area contributed by atoms with Crippen LogP contribution in [-0.4, -0.2) is 17.8 Å². The Bertz CT molecular complexity index is 408. The summed E-state index contributed by atoms with van der Waals surface area (Å²) in [6.07, 6.45) is -4.82. The standard InChI is InChI=1S/C10H10ClF4NO/c11-8-3-6(10(13,14)15)1-5(9(8)12)2-7(16)4-17/h1,3,7,17H,2,4,16H2. The van der Waals surface area contributed by atoms with E-state index in [1.807, 2.05) is 0 Å². The molecule has 0 saturated heterocycles. The number of alkyl halides is 3. The van der Waals surface area contributed by atoms with Gasteiger partial charge in [-0.3, -0.25) is 0 Å². The minimum atomic E-state index is -4.60. The first kappa shape index (κ1) is 14.2. The molecule has 1 aromatic rings. The lowest BCUT2D eigenvalue weighted by molar-refractivity contribution is -0.137. The summed E-state index contributed by atoms with van der Waals surface area (Å²) in [6.45, 7) is -0.451. The molecule has 2 nitrogen and oxygen atoms in total. The molecule has 0 radical (unpaired) electrons. The van der Waals surface area contributed by atoms with Gasteiger partial charge >= 0.3 is 6.18 Å². The van der Waals surface area contributed by atoms with Crippen molar-refractivity contribution in [2.24, 2.45) is 5.73 Å². The van der Waals surface area contributed by atoms with E-state index in [0.717, 1.165) is 0 Å². The Morgan fingerprint density at radius 1 is 1.35 bits per heavy atom. The summed E-state index contributed by atoms with van der Waals surface area (Å²) < 4.78 is 50.7. The Labute approximate surface area is 100.0 Å². The predicted molar refractivity (Wildman–Crippen MR) is 55.2 cm³/mol. The summed E-state index contributed by atoms with van der Waals surface area (Å²) in [5.41, 5.74) is 4.05. The van der Waals surface area contributed by atoms with E-state index in [4.69, 9.17) is 22.4 Å². The molecule has 0 bridgehead atoms. The third kappa shape index (κ3) is 3.55. The fourth-order valence-corrected chi connectivity index (χ4v) is 1.54. The van der Waals surface area contributed by atoms with Gasteiger partial charge in [0.2, 0.25) is 0 Å². The smallest absolute Gasteiger partial charge is 0.395 e. The molecule has 0 aliphatic rings. The third-order valence-corrected chi connectivity index (χ3v) is 2.42. The van der Waals surface area contributed by atoms with Crippen molar-refractivity contribution in [3.05, 3.63) is 34.1 Å². The molecule has 1 unspecified atom stereocenters. The Balaban J connectivity index is 3.16. The molecule has 3 N–H and O–H groups in total. The lowest BCUT2D eigenvalue weighted by Gasteiger charge is -2.13. The fourth-order valence-electron chi connectivity index (χ4n) is 1.31. The molecule has 7 heteroatoms. The summed E-state index contributed by atoms with van der Waals surface area (Å²) in [5.74, 6) is -0.941. The molecule has 1 aromatic carbocycles. The van der Waals surface area contributed by atoms with E-state index < -0.39 is 35.2 Å². The Hall–Kier alpha value is -0.850. The lowest BCUT2D eigenvalue weighted by Crippen LogP contribution is -2.27. The molecular weight excluding hydrogens is 262 g/mol. The Morgan fingerprint density at radius 2 is 1.94 bits per heavy atom. The van der Waals surface area contributed by atoms with Gasteiger partial charge in [-0.15, -0.1) is 0 Å². The van der Waals surface area contributed by atoms with Crippen LogP contribution >= 0.6 is 11.6 Å². The van der Waals surface area contributed by atoms with Crippen LogP contribution in [0.25, 0.3) is 0 Å². The van der Waals surface area contributed by atoms with E-state index in [0.29, 0.717) is 12.1 Å². The van der Waals surface area contributed by atoms with Crippen LogP contribution < -0.4 is 5.73 Å². The van der Waals surface area contributed by atoms with Crippen molar-refractivity contribution in [3.8, 4) is 0 Å². The zero-order valence-corrected chi connectivity index (χ0v) is 9.32. The van der Waals surface area contributed by atoms with Crippen molar-refractivity contribution >= 4 is 11.6 Å². The summed E-state index contributed by atoms with van der Waals surface area (Å²) in [5, 5.41) is 8.07. The molecule has 0 amide bonds. The molecule has 96 valence electrons. The van der Waals surface area contributed by atoms with Gasteiger partial charge in [-0.2, -0.15) is 13.2 Å². The minimum absolute atomic E-state index is 0.216. The van der Waals surface area contributed by atoms with Gasteiger partial charge in [0.25, 0.3) is 0 Å². The maximum absolute atomic E-state index is 13.4. The van der Waals surface area contributed by atoms with Gasteiger partial charge in [-0.25, -0.2) is 4.39 Å². The van der Waals surface area contributed by atoms with Gasteiger partial charge in [0.15, 0.2) is 0 Å². The minimum Gasteiger partial charge on any atom is -0.395 e. The van der Waals surface area contributed by atoms with E-state index in [1.54, 1.807) is 0 Å². The number of benzene rings is 1. The van der Waals surface area contributed by atoms with Gasteiger partial charge in [-0.05, 0) is 24.1 Å². The number of halogens is 5. The van der Waals surface area contributed by atoms with Crippen LogP contribution in [0.1, 0.15) is 11.1 Å². The fraction of sp³-hybridized carbons (Fsp3) is 0.400. The van der Waals surface area contributed by atoms with Crippen LogP contribution in [0.15, 0.2) is 12.1 Å². The highest BCUT2D eigenvalue weighted by Gasteiger charge is 2.32. The van der Waals surface area contributed by atoms with E-state index >= 15 is 0 Å². The summed E-state index contributed by atoms with van der Waals surface area (Å²) in [4.78, 5) is 0. The zero-order chi connectivity index (χ0) is 13.2. The number of nitrogens with two attached hydrogens (primary N) is 1. The largest absolute Gasteiger partial charge is 0.416 e. The summed E-state index contributed by atoms with van der Waals surface area (Å²) >= 11 is 5.37. The van der Waals surface area contributed by atoms with Crippen molar-refractivity contribution in [2.45, 2.75) is 18.6 Å². The van der Waals surface area contributed by atoms with E-state index in [-0.39, 0.29) is 12.0 Å². The van der Waals surface area contributed by atoms with Crippen LogP contribution in [-0.2, 0) is 12.6 Å². The third-order valence-electron chi connectivity index (χ3n) is 2.15. The van der Waals surface area contributed by atoms with Crippen molar-refractivity contribution in [1.82, 2.24) is 0 Å². The van der Waals surface area contributed by atoms with Crippen LogP contribution in [0.4, 0.5) is 17.6 Å². The van der Waals surface area contributed by atoms with Crippen LogP contribution in [0.2, 0.25) is 5.02 Å². The van der Waals surface area contributed by atoms with Gasteiger partial charge in [0, 0.05) is 6.04 Å². The number of rotatable bonds is 3. The molecule has 0 aliphatic carbocycles. The highest BCUT2D eigenvalue weighted by atomic mass is 35.5. The van der Waals surface area contributed by atoms with E-state index in [9.17, 15) is 17.6 Å². The topological polar surface area (TPSA) is 46.2 Å². The summed E-state index contributed by atoms with van der Waals surface area (Å²) in [6, 6.07) is 0.339. The molecule has 0 heterocycles. The molecule has 17 heavy (non-hydrogen) atoms. The quantitative estimate of drug-likeness (QED) is 0.829. The molecule has 0 saturated carbocycles. The maximum Gasteiger partial charge on any atom is 0.416 e. The van der Waals surface area contributed by atoms with Crippen LogP contribution in [0, 0.1) is 5.82 Å². The van der Waals surface area contributed by atoms with Gasteiger partial charge in [-0.1, -0.05) is 11.6 Å². The van der Waals surface area contributed by atoms with Crippen molar-refractivity contribution in [1.29, 1.82) is 0 Å².